The lowest BCUT2D eigenvalue weighted by Crippen LogP contribution is -1.98. The Hall–Kier alpha value is -1.08. The predicted molar refractivity (Wildman–Crippen MR) is 46.4 cm³/mol. The van der Waals surface area contributed by atoms with Gasteiger partial charge in [-0.25, -0.2) is 8.78 Å². The van der Waals surface area contributed by atoms with Crippen LogP contribution >= 0.6 is 15.9 Å². The molecule has 0 atom stereocenters. The van der Waals surface area contributed by atoms with E-state index in [1.54, 1.807) is 0 Å². The van der Waals surface area contributed by atoms with E-state index in [9.17, 15) is 8.78 Å². The van der Waals surface area contributed by atoms with Gasteiger partial charge in [-0.3, -0.25) is 0 Å². The van der Waals surface area contributed by atoms with Crippen LogP contribution in [0.1, 0.15) is 5.56 Å². The van der Waals surface area contributed by atoms with E-state index in [1.807, 2.05) is 0 Å². The average molecular weight is 232 g/mol. The fraction of sp³-hybridized carbons (Fsp3) is 0. The Kier molecular flexibility index (Phi) is 2.34. The molecule has 0 spiro atoms. The number of rotatable bonds is 0. The Balaban J connectivity index is 3.52. The zero-order valence-electron chi connectivity index (χ0n) is 5.87. The van der Waals surface area contributed by atoms with Gasteiger partial charge in [0.05, 0.1) is 15.7 Å². The molecule has 1 aromatic carbocycles. The van der Waals surface area contributed by atoms with Crippen molar-refractivity contribution in [3.63, 3.8) is 0 Å². The molecule has 0 aliphatic carbocycles. The largest absolute Gasteiger partial charge is 0.395 e. The number of benzene rings is 1. The van der Waals surface area contributed by atoms with Crippen LogP contribution in [0.4, 0.5) is 14.5 Å². The molecule has 1 aromatic rings. The van der Waals surface area contributed by atoms with Gasteiger partial charge in [0.25, 0.3) is 0 Å². The first-order chi connectivity index (χ1) is 5.57. The molecule has 1 rings (SSSR count). The fourth-order valence-corrected chi connectivity index (χ4v) is 1.06. The Labute approximate surface area is 76.7 Å². The van der Waals surface area contributed by atoms with E-state index in [4.69, 9.17) is 12.2 Å². The molecule has 0 fully saturated rings. The summed E-state index contributed by atoms with van der Waals surface area (Å²) in [7, 11) is 0. The third-order valence-corrected chi connectivity index (χ3v) is 2.08. The second-order valence-corrected chi connectivity index (χ2v) is 2.88. The molecule has 12 heavy (non-hydrogen) atoms. The number of hydrogen-bond donors (Lipinski definition) is 1. The molecule has 0 radical (unpaired) electrons. The maximum atomic E-state index is 12.9. The summed E-state index contributed by atoms with van der Waals surface area (Å²) in [5.74, 6) is 0.465. The predicted octanol–water partition coefficient (Wildman–Crippen LogP) is 2.29. The summed E-state index contributed by atoms with van der Waals surface area (Å²) in [6, 6.07) is 1.00. The van der Waals surface area contributed by atoms with Crippen molar-refractivity contribution in [2.24, 2.45) is 0 Å². The number of anilines is 1. The first kappa shape index (κ1) is 9.01. The second kappa shape index (κ2) is 3.11. The molecule has 0 unspecified atom stereocenters. The van der Waals surface area contributed by atoms with Crippen LogP contribution in [0.2, 0.25) is 0 Å². The Morgan fingerprint density at radius 3 is 2.58 bits per heavy atom. The molecule has 0 bridgehead atoms. The van der Waals surface area contributed by atoms with Crippen LogP contribution in [-0.2, 0) is 0 Å². The summed E-state index contributed by atoms with van der Waals surface area (Å²) in [5.41, 5.74) is 5.05. The van der Waals surface area contributed by atoms with Crippen LogP contribution in [0.25, 0.3) is 0 Å². The zero-order chi connectivity index (χ0) is 9.30. The minimum Gasteiger partial charge on any atom is -0.395 e. The maximum absolute atomic E-state index is 12.9. The Morgan fingerprint density at radius 2 is 2.08 bits per heavy atom. The van der Waals surface area contributed by atoms with Gasteiger partial charge >= 0.3 is 0 Å². The highest BCUT2D eigenvalue weighted by Gasteiger charge is 2.12. The van der Waals surface area contributed by atoms with Gasteiger partial charge in [-0.15, -0.1) is 6.42 Å². The van der Waals surface area contributed by atoms with Crippen molar-refractivity contribution in [2.75, 3.05) is 5.73 Å². The molecular formula is C8H4BrF2N. The summed E-state index contributed by atoms with van der Waals surface area (Å²) in [6.07, 6.45) is 4.96. The third kappa shape index (κ3) is 1.28. The smallest absolute Gasteiger partial charge is 0.164 e. The van der Waals surface area contributed by atoms with E-state index < -0.39 is 11.6 Å². The van der Waals surface area contributed by atoms with Gasteiger partial charge in [0.1, 0.15) is 5.82 Å². The summed E-state index contributed by atoms with van der Waals surface area (Å²) in [4.78, 5) is 0. The van der Waals surface area contributed by atoms with Crippen molar-refractivity contribution in [3.8, 4) is 12.3 Å². The molecule has 0 aliphatic heterocycles. The van der Waals surface area contributed by atoms with Crippen LogP contribution in [-0.4, -0.2) is 0 Å². The van der Waals surface area contributed by atoms with Crippen LogP contribution < -0.4 is 5.73 Å². The molecule has 2 N–H and O–H groups in total. The normalized spacial score (nSPS) is 9.50. The van der Waals surface area contributed by atoms with Gasteiger partial charge in [0.2, 0.25) is 0 Å². The van der Waals surface area contributed by atoms with Gasteiger partial charge in [-0.1, -0.05) is 5.92 Å². The SMILES string of the molecule is C#Cc1cc(F)c(Br)c(F)c1N. The lowest BCUT2D eigenvalue weighted by Gasteiger charge is -2.02. The van der Waals surface area contributed by atoms with E-state index in [-0.39, 0.29) is 15.7 Å². The minimum absolute atomic E-state index is 0.0215. The van der Waals surface area contributed by atoms with Gasteiger partial charge in [0.15, 0.2) is 5.82 Å². The van der Waals surface area contributed by atoms with Crippen molar-refractivity contribution in [3.05, 3.63) is 27.7 Å². The van der Waals surface area contributed by atoms with Gasteiger partial charge in [0, 0.05) is 0 Å². The van der Waals surface area contributed by atoms with E-state index in [0.717, 1.165) is 6.07 Å². The summed E-state index contributed by atoms with van der Waals surface area (Å²) in [5, 5.41) is 0. The van der Waals surface area contributed by atoms with E-state index in [2.05, 4.69) is 21.9 Å². The van der Waals surface area contributed by atoms with E-state index in [0.29, 0.717) is 0 Å². The molecule has 1 nitrogen and oxygen atoms in total. The quantitative estimate of drug-likeness (QED) is 0.414. The number of halogens is 3. The number of nitrogens with two attached hydrogens (primary N) is 1. The van der Waals surface area contributed by atoms with Gasteiger partial charge in [-0.05, 0) is 22.0 Å². The standard InChI is InChI=1S/C8H4BrF2N/c1-2-4-3-5(10)6(9)7(11)8(4)12/h1,3H,12H2. The van der Waals surface area contributed by atoms with Crippen molar-refractivity contribution >= 4 is 21.6 Å². The molecule has 0 heterocycles. The van der Waals surface area contributed by atoms with Gasteiger partial charge in [-0.2, -0.15) is 0 Å². The van der Waals surface area contributed by atoms with Crippen LogP contribution in [0.3, 0.4) is 0 Å². The summed E-state index contributed by atoms with van der Waals surface area (Å²) < 4.78 is 25.4. The number of nitrogen functional groups attached to an aromatic ring is 1. The second-order valence-electron chi connectivity index (χ2n) is 2.09. The molecular weight excluding hydrogens is 228 g/mol. The first-order valence-electron chi connectivity index (χ1n) is 2.97. The summed E-state index contributed by atoms with van der Waals surface area (Å²) >= 11 is 2.69. The molecule has 4 heteroatoms. The van der Waals surface area contributed by atoms with E-state index >= 15 is 0 Å². The molecule has 0 aromatic heterocycles. The Bertz CT molecular complexity index is 368. The van der Waals surface area contributed by atoms with Crippen LogP contribution in [0.15, 0.2) is 10.5 Å². The molecule has 0 saturated heterocycles. The van der Waals surface area contributed by atoms with Crippen molar-refractivity contribution in [1.29, 1.82) is 0 Å². The lowest BCUT2D eigenvalue weighted by atomic mass is 10.2. The topological polar surface area (TPSA) is 26.0 Å². The summed E-state index contributed by atoms with van der Waals surface area (Å²) in [6.45, 7) is 0. The number of hydrogen-bond acceptors (Lipinski definition) is 1. The monoisotopic (exact) mass is 231 g/mol. The minimum atomic E-state index is -0.858. The highest BCUT2D eigenvalue weighted by atomic mass is 79.9. The third-order valence-electron chi connectivity index (χ3n) is 1.36. The average Bonchev–Trinajstić information content (AvgIpc) is 2.08. The van der Waals surface area contributed by atoms with Crippen molar-refractivity contribution in [1.82, 2.24) is 0 Å². The lowest BCUT2D eigenvalue weighted by molar-refractivity contribution is 0.574. The highest BCUT2D eigenvalue weighted by molar-refractivity contribution is 9.10. The maximum Gasteiger partial charge on any atom is 0.164 e. The van der Waals surface area contributed by atoms with E-state index in [1.165, 1.54) is 0 Å². The van der Waals surface area contributed by atoms with Crippen LogP contribution in [0.5, 0.6) is 0 Å². The molecule has 0 aliphatic rings. The zero-order valence-corrected chi connectivity index (χ0v) is 7.45. The molecule has 0 saturated carbocycles. The number of terminal acetylenes is 1. The molecule has 0 amide bonds. The van der Waals surface area contributed by atoms with Gasteiger partial charge < -0.3 is 5.73 Å². The van der Waals surface area contributed by atoms with Crippen molar-refractivity contribution < 1.29 is 8.78 Å². The highest BCUT2D eigenvalue weighted by Crippen LogP contribution is 2.26. The Morgan fingerprint density at radius 1 is 1.50 bits per heavy atom. The molecule has 62 valence electrons. The van der Waals surface area contributed by atoms with Crippen molar-refractivity contribution in [2.45, 2.75) is 0 Å². The fourth-order valence-electron chi connectivity index (χ4n) is 0.729. The van der Waals surface area contributed by atoms with Crippen LogP contribution in [0, 0.1) is 24.0 Å². The first-order valence-corrected chi connectivity index (χ1v) is 3.76.